The number of phenolic OH excluding ortho intramolecular Hbond substituents is 2. The number of benzene rings is 2. The van der Waals surface area contributed by atoms with Crippen LogP contribution in [-0.4, -0.2) is 20.2 Å². The number of aromatic amines is 1. The first-order valence-corrected chi connectivity index (χ1v) is 6.85. The molecule has 0 spiro atoms. The summed E-state index contributed by atoms with van der Waals surface area (Å²) in [6.07, 6.45) is 0.835. The highest BCUT2D eigenvalue weighted by Gasteiger charge is 2.12. The van der Waals surface area contributed by atoms with Gasteiger partial charge in [0, 0.05) is 16.8 Å². The first kappa shape index (κ1) is 13.2. The van der Waals surface area contributed by atoms with Gasteiger partial charge in [-0.1, -0.05) is 6.92 Å². The first-order valence-electron chi connectivity index (χ1n) is 6.85. The van der Waals surface area contributed by atoms with E-state index in [1.54, 1.807) is 24.3 Å². The Hall–Kier alpha value is -2.75. The van der Waals surface area contributed by atoms with Crippen LogP contribution < -0.4 is 0 Å². The van der Waals surface area contributed by atoms with Gasteiger partial charge in [-0.3, -0.25) is 0 Å². The standard InChI is InChI=1S/C17H16N2O2/c1-2-15-16(11-3-7-13(20)8-4-11)19-17(18-15)12-5-9-14(21)10-6-12/h3-10,20-21H,2H2,1H3,(H,18,19). The van der Waals surface area contributed by atoms with Crippen molar-refractivity contribution in [2.45, 2.75) is 13.3 Å². The van der Waals surface area contributed by atoms with Gasteiger partial charge in [0.25, 0.3) is 0 Å². The lowest BCUT2D eigenvalue weighted by atomic mass is 10.1. The van der Waals surface area contributed by atoms with E-state index in [0.717, 1.165) is 34.8 Å². The number of rotatable bonds is 3. The highest BCUT2D eigenvalue weighted by atomic mass is 16.3. The first-order chi connectivity index (χ1) is 10.2. The SMILES string of the molecule is CCc1[nH]c(-c2ccc(O)cc2)nc1-c1ccc(O)cc1. The van der Waals surface area contributed by atoms with Crippen LogP contribution in [0.5, 0.6) is 11.5 Å². The van der Waals surface area contributed by atoms with Crippen molar-refractivity contribution in [1.82, 2.24) is 9.97 Å². The Balaban J connectivity index is 2.05. The molecule has 0 unspecified atom stereocenters. The van der Waals surface area contributed by atoms with E-state index in [1.165, 1.54) is 0 Å². The van der Waals surface area contributed by atoms with Crippen molar-refractivity contribution in [2.75, 3.05) is 0 Å². The number of nitrogens with zero attached hydrogens (tertiary/aromatic N) is 1. The van der Waals surface area contributed by atoms with E-state index >= 15 is 0 Å². The van der Waals surface area contributed by atoms with Crippen molar-refractivity contribution in [3.05, 3.63) is 54.2 Å². The minimum Gasteiger partial charge on any atom is -0.508 e. The molecule has 0 aliphatic carbocycles. The predicted molar refractivity (Wildman–Crippen MR) is 82.2 cm³/mol. The molecule has 0 aliphatic heterocycles. The number of hydrogen-bond donors (Lipinski definition) is 3. The fourth-order valence-corrected chi connectivity index (χ4v) is 2.28. The summed E-state index contributed by atoms with van der Waals surface area (Å²) in [7, 11) is 0. The van der Waals surface area contributed by atoms with E-state index in [0.29, 0.717) is 0 Å². The van der Waals surface area contributed by atoms with E-state index in [1.807, 2.05) is 24.3 Å². The minimum absolute atomic E-state index is 0.236. The van der Waals surface area contributed by atoms with E-state index in [-0.39, 0.29) is 11.5 Å². The lowest BCUT2D eigenvalue weighted by Crippen LogP contribution is -1.85. The predicted octanol–water partition coefficient (Wildman–Crippen LogP) is 3.72. The molecule has 0 aliphatic rings. The number of H-pyrrole nitrogens is 1. The molecule has 3 rings (SSSR count). The molecular weight excluding hydrogens is 264 g/mol. The Kier molecular flexibility index (Phi) is 3.36. The zero-order chi connectivity index (χ0) is 14.8. The average molecular weight is 280 g/mol. The van der Waals surface area contributed by atoms with Crippen molar-refractivity contribution >= 4 is 0 Å². The van der Waals surface area contributed by atoms with Crippen molar-refractivity contribution in [2.24, 2.45) is 0 Å². The van der Waals surface area contributed by atoms with E-state index < -0.39 is 0 Å². The second kappa shape index (κ2) is 5.32. The maximum absolute atomic E-state index is 9.39. The summed E-state index contributed by atoms with van der Waals surface area (Å²) in [6, 6.07) is 14.0. The van der Waals surface area contributed by atoms with Crippen LogP contribution >= 0.6 is 0 Å². The molecule has 4 heteroatoms. The number of aromatic nitrogens is 2. The third kappa shape index (κ3) is 2.60. The molecule has 21 heavy (non-hydrogen) atoms. The van der Waals surface area contributed by atoms with Gasteiger partial charge >= 0.3 is 0 Å². The molecule has 2 aromatic carbocycles. The zero-order valence-corrected chi connectivity index (χ0v) is 11.7. The molecule has 4 nitrogen and oxygen atoms in total. The van der Waals surface area contributed by atoms with Crippen LogP contribution in [0.15, 0.2) is 48.5 Å². The zero-order valence-electron chi connectivity index (χ0n) is 11.7. The molecule has 3 aromatic rings. The van der Waals surface area contributed by atoms with Crippen molar-refractivity contribution in [1.29, 1.82) is 0 Å². The van der Waals surface area contributed by atoms with Crippen LogP contribution in [0.2, 0.25) is 0 Å². The Morgan fingerprint density at radius 1 is 0.857 bits per heavy atom. The molecule has 0 amide bonds. The molecule has 106 valence electrons. The molecule has 1 aromatic heterocycles. The van der Waals surface area contributed by atoms with Gasteiger partial charge in [0.2, 0.25) is 0 Å². The fourth-order valence-electron chi connectivity index (χ4n) is 2.28. The highest BCUT2D eigenvalue weighted by molar-refractivity contribution is 5.68. The fraction of sp³-hybridized carbons (Fsp3) is 0.118. The lowest BCUT2D eigenvalue weighted by Gasteiger charge is -2.00. The van der Waals surface area contributed by atoms with Gasteiger partial charge in [0.05, 0.1) is 5.69 Å². The number of imidazole rings is 1. The second-order valence-corrected chi connectivity index (χ2v) is 4.86. The van der Waals surface area contributed by atoms with Crippen molar-refractivity contribution in [3.8, 4) is 34.1 Å². The van der Waals surface area contributed by atoms with E-state index in [9.17, 15) is 10.2 Å². The number of aromatic hydroxyl groups is 2. The third-order valence-electron chi connectivity index (χ3n) is 3.41. The van der Waals surface area contributed by atoms with Crippen molar-refractivity contribution in [3.63, 3.8) is 0 Å². The summed E-state index contributed by atoms with van der Waals surface area (Å²) in [4.78, 5) is 7.99. The number of nitrogens with one attached hydrogen (secondary N) is 1. The molecular formula is C17H16N2O2. The Bertz CT molecular complexity index is 743. The van der Waals surface area contributed by atoms with E-state index in [2.05, 4.69) is 16.9 Å². The number of aryl methyl sites for hydroxylation is 1. The van der Waals surface area contributed by atoms with Crippen molar-refractivity contribution < 1.29 is 10.2 Å². The molecule has 1 heterocycles. The van der Waals surface area contributed by atoms with Crippen LogP contribution in [0, 0.1) is 0 Å². The van der Waals surface area contributed by atoms with Gasteiger partial charge in [-0.05, 0) is 55.0 Å². The largest absolute Gasteiger partial charge is 0.508 e. The summed E-state index contributed by atoms with van der Waals surface area (Å²) >= 11 is 0. The van der Waals surface area contributed by atoms with Crippen LogP contribution in [0.1, 0.15) is 12.6 Å². The molecule has 0 radical (unpaired) electrons. The van der Waals surface area contributed by atoms with Crippen LogP contribution in [-0.2, 0) is 6.42 Å². The van der Waals surface area contributed by atoms with Gasteiger partial charge in [0.15, 0.2) is 0 Å². The molecule has 0 bridgehead atoms. The second-order valence-electron chi connectivity index (χ2n) is 4.86. The molecule has 0 fully saturated rings. The normalized spacial score (nSPS) is 10.7. The quantitative estimate of drug-likeness (QED) is 0.685. The number of hydrogen-bond acceptors (Lipinski definition) is 3. The maximum atomic E-state index is 9.39. The van der Waals surface area contributed by atoms with Crippen LogP contribution in [0.25, 0.3) is 22.6 Å². The Morgan fingerprint density at radius 3 is 1.90 bits per heavy atom. The molecule has 0 saturated heterocycles. The monoisotopic (exact) mass is 280 g/mol. The molecule has 3 N–H and O–H groups in total. The van der Waals surface area contributed by atoms with Crippen LogP contribution in [0.3, 0.4) is 0 Å². The summed E-state index contributed by atoms with van der Waals surface area (Å²) in [6.45, 7) is 2.07. The summed E-state index contributed by atoms with van der Waals surface area (Å²) in [5.74, 6) is 1.25. The summed E-state index contributed by atoms with van der Waals surface area (Å²) in [5.41, 5.74) is 3.82. The van der Waals surface area contributed by atoms with Gasteiger partial charge in [0.1, 0.15) is 17.3 Å². The molecule has 0 saturated carbocycles. The van der Waals surface area contributed by atoms with Gasteiger partial charge < -0.3 is 15.2 Å². The van der Waals surface area contributed by atoms with Crippen LogP contribution in [0.4, 0.5) is 0 Å². The maximum Gasteiger partial charge on any atom is 0.138 e. The van der Waals surface area contributed by atoms with E-state index in [4.69, 9.17) is 0 Å². The van der Waals surface area contributed by atoms with Gasteiger partial charge in [-0.15, -0.1) is 0 Å². The Labute approximate surface area is 122 Å². The lowest BCUT2D eigenvalue weighted by molar-refractivity contribution is 0.475. The topological polar surface area (TPSA) is 69.1 Å². The summed E-state index contributed by atoms with van der Waals surface area (Å²) < 4.78 is 0. The smallest absolute Gasteiger partial charge is 0.138 e. The highest BCUT2D eigenvalue weighted by Crippen LogP contribution is 2.28. The minimum atomic E-state index is 0.236. The van der Waals surface area contributed by atoms with Gasteiger partial charge in [-0.2, -0.15) is 0 Å². The average Bonchev–Trinajstić information content (AvgIpc) is 2.93. The number of phenols is 2. The third-order valence-corrected chi connectivity index (χ3v) is 3.41. The van der Waals surface area contributed by atoms with Gasteiger partial charge in [-0.25, -0.2) is 4.98 Å². The molecule has 0 atom stereocenters. The Morgan fingerprint density at radius 2 is 1.38 bits per heavy atom. The summed E-state index contributed by atoms with van der Waals surface area (Å²) in [5, 5.41) is 18.7.